The zero-order chi connectivity index (χ0) is 22.2. The molecule has 1 fully saturated rings. The summed E-state index contributed by atoms with van der Waals surface area (Å²) in [5, 5.41) is 6.58. The number of carbonyl (C=O) groups excluding carboxylic acids is 3. The van der Waals surface area contributed by atoms with Gasteiger partial charge in [-0.15, -0.1) is 0 Å². The average molecular weight is 462 g/mol. The van der Waals surface area contributed by atoms with E-state index in [2.05, 4.69) is 10.6 Å². The van der Waals surface area contributed by atoms with Gasteiger partial charge in [-0.3, -0.25) is 14.4 Å². The molecule has 1 heterocycles. The highest BCUT2D eigenvalue weighted by molar-refractivity contribution is 6.31. The van der Waals surface area contributed by atoms with Gasteiger partial charge in [-0.1, -0.05) is 23.2 Å². The molecule has 0 bridgehead atoms. The molecule has 1 saturated heterocycles. The number of carbonyl (C=O) groups is 3. The minimum Gasteiger partial charge on any atom is -0.352 e. The molecule has 0 radical (unpaired) electrons. The molecular weight excluding hydrogens is 437 g/mol. The molecule has 0 unspecified atom stereocenters. The third kappa shape index (κ3) is 6.71. The van der Waals surface area contributed by atoms with Crippen molar-refractivity contribution in [1.29, 1.82) is 0 Å². The number of anilines is 1. The Labute approximate surface area is 191 Å². The first kappa shape index (κ1) is 23.1. The number of halogens is 2. The summed E-state index contributed by atoms with van der Waals surface area (Å²) < 4.78 is 0. The Morgan fingerprint density at radius 2 is 1.58 bits per heavy atom. The maximum absolute atomic E-state index is 12.9. The summed E-state index contributed by atoms with van der Waals surface area (Å²) in [5.41, 5.74) is 1.36. The van der Waals surface area contributed by atoms with Crippen molar-refractivity contribution in [3.63, 3.8) is 0 Å². The fraction of sp³-hybridized carbons (Fsp3) is 0.348. The van der Waals surface area contributed by atoms with Gasteiger partial charge in [0.1, 0.15) is 0 Å². The van der Waals surface area contributed by atoms with Gasteiger partial charge in [-0.05, 0) is 68.1 Å². The van der Waals surface area contributed by atoms with Gasteiger partial charge >= 0.3 is 0 Å². The second-order valence-corrected chi connectivity index (χ2v) is 8.33. The molecular formula is C23H25Cl2N3O3. The number of nitrogens with one attached hydrogen (secondary N) is 2. The zero-order valence-electron chi connectivity index (χ0n) is 17.1. The van der Waals surface area contributed by atoms with Gasteiger partial charge < -0.3 is 15.5 Å². The maximum Gasteiger partial charge on any atom is 0.255 e. The maximum atomic E-state index is 12.9. The highest BCUT2D eigenvalue weighted by Crippen LogP contribution is 2.24. The van der Waals surface area contributed by atoms with Crippen LogP contribution in [-0.2, 0) is 4.79 Å². The van der Waals surface area contributed by atoms with Crippen molar-refractivity contribution >= 4 is 46.6 Å². The number of rotatable bonds is 7. The Morgan fingerprint density at radius 1 is 0.903 bits per heavy atom. The monoisotopic (exact) mass is 461 g/mol. The number of nitrogens with zero attached hydrogens (tertiary/aromatic N) is 1. The van der Waals surface area contributed by atoms with E-state index >= 15 is 0 Å². The van der Waals surface area contributed by atoms with Crippen molar-refractivity contribution in [2.75, 3.05) is 25.0 Å². The molecule has 0 atom stereocenters. The van der Waals surface area contributed by atoms with Gasteiger partial charge in [0.05, 0.1) is 11.3 Å². The summed E-state index contributed by atoms with van der Waals surface area (Å²) in [7, 11) is 0. The van der Waals surface area contributed by atoms with Gasteiger partial charge in [0.25, 0.3) is 11.8 Å². The third-order valence-corrected chi connectivity index (χ3v) is 5.59. The van der Waals surface area contributed by atoms with Crippen LogP contribution in [0.3, 0.4) is 0 Å². The van der Waals surface area contributed by atoms with Gasteiger partial charge in [-0.25, -0.2) is 0 Å². The number of benzene rings is 2. The predicted octanol–water partition coefficient (Wildman–Crippen LogP) is 4.77. The Hall–Kier alpha value is -2.57. The minimum atomic E-state index is -0.240. The van der Waals surface area contributed by atoms with Crippen LogP contribution in [0.1, 0.15) is 52.8 Å². The average Bonchev–Trinajstić information content (AvgIpc) is 2.77. The molecule has 3 amide bonds. The number of amides is 3. The van der Waals surface area contributed by atoms with Crippen molar-refractivity contribution in [2.24, 2.45) is 0 Å². The lowest BCUT2D eigenvalue weighted by Crippen LogP contribution is -2.36. The summed E-state index contributed by atoms with van der Waals surface area (Å²) >= 11 is 11.9. The summed E-state index contributed by atoms with van der Waals surface area (Å²) in [4.78, 5) is 39.2. The molecule has 8 heteroatoms. The second kappa shape index (κ2) is 11.2. The first-order chi connectivity index (χ1) is 14.9. The lowest BCUT2D eigenvalue weighted by molar-refractivity contribution is -0.116. The Kier molecular flexibility index (Phi) is 8.32. The van der Waals surface area contributed by atoms with Crippen molar-refractivity contribution in [1.82, 2.24) is 10.2 Å². The molecule has 164 valence electrons. The zero-order valence-corrected chi connectivity index (χ0v) is 18.6. The molecule has 0 aliphatic carbocycles. The predicted molar refractivity (Wildman–Crippen MR) is 123 cm³/mol. The second-order valence-electron chi connectivity index (χ2n) is 7.46. The normalized spacial score (nSPS) is 13.5. The van der Waals surface area contributed by atoms with Crippen LogP contribution in [0.4, 0.5) is 5.69 Å². The Morgan fingerprint density at radius 3 is 2.29 bits per heavy atom. The highest BCUT2D eigenvalue weighted by atomic mass is 35.5. The number of likely N-dealkylation sites (tertiary alicyclic amines) is 1. The first-order valence-corrected chi connectivity index (χ1v) is 11.1. The van der Waals surface area contributed by atoms with E-state index in [0.29, 0.717) is 39.8 Å². The molecule has 0 saturated carbocycles. The van der Waals surface area contributed by atoms with Crippen LogP contribution in [0.2, 0.25) is 10.0 Å². The molecule has 31 heavy (non-hydrogen) atoms. The summed E-state index contributed by atoms with van der Waals surface area (Å²) in [6, 6.07) is 11.5. The summed E-state index contributed by atoms with van der Waals surface area (Å²) in [5.74, 6) is -0.557. The van der Waals surface area contributed by atoms with E-state index in [1.165, 1.54) is 0 Å². The van der Waals surface area contributed by atoms with E-state index in [1.54, 1.807) is 42.5 Å². The topological polar surface area (TPSA) is 78.5 Å². The van der Waals surface area contributed by atoms with Crippen LogP contribution in [0.5, 0.6) is 0 Å². The summed E-state index contributed by atoms with van der Waals surface area (Å²) in [6.45, 7) is 1.80. The Balaban J connectivity index is 1.51. The summed E-state index contributed by atoms with van der Waals surface area (Å²) in [6.07, 6.45) is 3.76. The molecule has 1 aliphatic heterocycles. The van der Waals surface area contributed by atoms with Crippen LogP contribution >= 0.6 is 23.2 Å². The quantitative estimate of drug-likeness (QED) is 0.582. The van der Waals surface area contributed by atoms with Crippen molar-refractivity contribution < 1.29 is 14.4 Å². The molecule has 2 aromatic rings. The lowest BCUT2D eigenvalue weighted by Gasteiger charge is -2.27. The minimum absolute atomic E-state index is 0.0955. The lowest BCUT2D eigenvalue weighted by atomic mass is 10.1. The number of hydrogen-bond acceptors (Lipinski definition) is 3. The van der Waals surface area contributed by atoms with Gasteiger partial charge in [-0.2, -0.15) is 0 Å². The van der Waals surface area contributed by atoms with Crippen LogP contribution in [0, 0.1) is 0 Å². The highest BCUT2D eigenvalue weighted by Gasteiger charge is 2.21. The standard InChI is InChI=1S/C23H25Cl2N3O3/c24-17-8-6-16(7-9-17)22(30)26-12-4-5-21(29)27-20-15-18(25)10-11-19(20)23(31)28-13-2-1-3-14-28/h6-11,15H,1-5,12-14H2,(H,26,30)(H,27,29). The van der Waals surface area contributed by atoms with E-state index in [4.69, 9.17) is 23.2 Å². The molecule has 3 rings (SSSR count). The third-order valence-electron chi connectivity index (χ3n) is 5.10. The van der Waals surface area contributed by atoms with Crippen molar-refractivity contribution in [3.05, 3.63) is 63.6 Å². The molecule has 2 N–H and O–H groups in total. The number of hydrogen-bond donors (Lipinski definition) is 2. The van der Waals surface area contributed by atoms with Gasteiger partial charge in [0, 0.05) is 41.7 Å². The molecule has 1 aliphatic rings. The van der Waals surface area contributed by atoms with E-state index in [0.717, 1.165) is 32.4 Å². The van der Waals surface area contributed by atoms with E-state index in [9.17, 15) is 14.4 Å². The van der Waals surface area contributed by atoms with E-state index in [1.807, 2.05) is 4.90 Å². The fourth-order valence-corrected chi connectivity index (χ4v) is 3.74. The fourth-order valence-electron chi connectivity index (χ4n) is 3.44. The molecule has 2 aromatic carbocycles. The van der Waals surface area contributed by atoms with Crippen LogP contribution in [0.15, 0.2) is 42.5 Å². The molecule has 0 spiro atoms. The van der Waals surface area contributed by atoms with Gasteiger partial charge in [0.15, 0.2) is 0 Å². The molecule has 0 aromatic heterocycles. The molecule has 6 nitrogen and oxygen atoms in total. The smallest absolute Gasteiger partial charge is 0.255 e. The van der Waals surface area contributed by atoms with Crippen LogP contribution < -0.4 is 10.6 Å². The van der Waals surface area contributed by atoms with Crippen LogP contribution in [0.25, 0.3) is 0 Å². The van der Waals surface area contributed by atoms with Gasteiger partial charge in [0.2, 0.25) is 5.91 Å². The first-order valence-electron chi connectivity index (χ1n) is 10.4. The SMILES string of the molecule is O=C(CCCNC(=O)c1ccc(Cl)cc1)Nc1cc(Cl)ccc1C(=O)N1CCCCC1. The van der Waals surface area contributed by atoms with E-state index < -0.39 is 0 Å². The van der Waals surface area contributed by atoms with E-state index in [-0.39, 0.29) is 24.1 Å². The largest absolute Gasteiger partial charge is 0.352 e. The van der Waals surface area contributed by atoms with Crippen molar-refractivity contribution in [3.8, 4) is 0 Å². The Bertz CT molecular complexity index is 942. The number of piperidine rings is 1. The van der Waals surface area contributed by atoms with Crippen molar-refractivity contribution in [2.45, 2.75) is 32.1 Å². The van der Waals surface area contributed by atoms with Crippen LogP contribution in [-0.4, -0.2) is 42.3 Å².